The van der Waals surface area contributed by atoms with Gasteiger partial charge in [-0.3, -0.25) is 9.59 Å². The van der Waals surface area contributed by atoms with Gasteiger partial charge in [0.2, 0.25) is 5.82 Å². The van der Waals surface area contributed by atoms with Gasteiger partial charge in [-0.2, -0.15) is 0 Å². The minimum Gasteiger partial charge on any atom is -0.363 e. The van der Waals surface area contributed by atoms with Crippen LogP contribution in [0.4, 0.5) is 0 Å². The molecule has 0 spiro atoms. The fraction of sp³-hybridized carbons (Fsp3) is 0.214. The third kappa shape index (κ3) is 2.75. The second-order valence-electron chi connectivity index (χ2n) is 4.79. The van der Waals surface area contributed by atoms with Crippen molar-refractivity contribution < 1.29 is 9.59 Å². The summed E-state index contributed by atoms with van der Waals surface area (Å²) >= 11 is 5.72. The monoisotopic (exact) mass is 316 g/mol. The van der Waals surface area contributed by atoms with Crippen LogP contribution in [0.25, 0.3) is 0 Å². The van der Waals surface area contributed by atoms with Crippen molar-refractivity contribution in [1.29, 1.82) is 0 Å². The van der Waals surface area contributed by atoms with Crippen molar-refractivity contribution in [2.24, 2.45) is 5.73 Å². The Balaban J connectivity index is 1.84. The molecular weight excluding hydrogens is 306 g/mol. The number of primary amides is 1. The molecule has 2 aromatic heterocycles. The molecule has 0 saturated heterocycles. The third-order valence-corrected chi connectivity index (χ3v) is 3.56. The SMILES string of the molecule is NC(=O)c1n[c]c2c(n1)CN(C(=O)c1ccc(Cl)nc1)CC2. The maximum absolute atomic E-state index is 12.4. The molecule has 7 nitrogen and oxygen atoms in total. The number of carbonyl (C=O) groups excluding carboxylic acids is 2. The molecule has 3 rings (SSSR count). The van der Waals surface area contributed by atoms with Crippen molar-refractivity contribution in [2.45, 2.75) is 13.0 Å². The summed E-state index contributed by atoms with van der Waals surface area (Å²) in [6, 6.07) is 3.18. The fourth-order valence-corrected chi connectivity index (χ4v) is 2.32. The van der Waals surface area contributed by atoms with Crippen LogP contribution in [0, 0.1) is 6.20 Å². The molecule has 2 amide bonds. The first-order valence-corrected chi connectivity index (χ1v) is 6.90. The van der Waals surface area contributed by atoms with Crippen LogP contribution < -0.4 is 5.73 Å². The first-order chi connectivity index (χ1) is 10.5. The molecule has 0 unspecified atom stereocenters. The summed E-state index contributed by atoms with van der Waals surface area (Å²) in [5, 5.41) is 0.328. The number of pyridine rings is 1. The van der Waals surface area contributed by atoms with Crippen LogP contribution in [0.15, 0.2) is 18.3 Å². The summed E-state index contributed by atoms with van der Waals surface area (Å²) in [5.74, 6) is -0.986. The van der Waals surface area contributed by atoms with Crippen LogP contribution in [0.5, 0.6) is 0 Å². The highest BCUT2D eigenvalue weighted by atomic mass is 35.5. The van der Waals surface area contributed by atoms with E-state index in [1.807, 2.05) is 0 Å². The number of rotatable bonds is 2. The number of hydrogen-bond donors (Lipinski definition) is 1. The first kappa shape index (κ1) is 14.4. The molecule has 0 fully saturated rings. The van der Waals surface area contributed by atoms with E-state index in [1.54, 1.807) is 17.0 Å². The van der Waals surface area contributed by atoms with Gasteiger partial charge in [-0.15, -0.1) is 0 Å². The molecule has 2 aromatic rings. The zero-order chi connectivity index (χ0) is 15.7. The van der Waals surface area contributed by atoms with Crippen molar-refractivity contribution in [3.63, 3.8) is 0 Å². The summed E-state index contributed by atoms with van der Waals surface area (Å²) in [7, 11) is 0. The lowest BCUT2D eigenvalue weighted by molar-refractivity contribution is 0.0731. The molecule has 1 aliphatic heterocycles. The summed E-state index contributed by atoms with van der Waals surface area (Å²) in [5.41, 5.74) is 6.99. The van der Waals surface area contributed by atoms with Gasteiger partial charge in [0.25, 0.3) is 11.8 Å². The first-order valence-electron chi connectivity index (χ1n) is 6.52. The number of halogens is 1. The summed E-state index contributed by atoms with van der Waals surface area (Å²) in [6.07, 6.45) is 4.77. The second kappa shape index (κ2) is 5.69. The quantitative estimate of drug-likeness (QED) is 0.818. The number of amides is 2. The van der Waals surface area contributed by atoms with Crippen LogP contribution in [0.2, 0.25) is 5.15 Å². The van der Waals surface area contributed by atoms with E-state index < -0.39 is 5.91 Å². The van der Waals surface area contributed by atoms with E-state index in [1.165, 1.54) is 6.20 Å². The normalized spacial score (nSPS) is 13.6. The van der Waals surface area contributed by atoms with Gasteiger partial charge in [-0.25, -0.2) is 15.0 Å². The topological polar surface area (TPSA) is 102 Å². The molecule has 22 heavy (non-hydrogen) atoms. The number of aromatic nitrogens is 3. The van der Waals surface area contributed by atoms with Gasteiger partial charge in [-0.05, 0) is 18.6 Å². The van der Waals surface area contributed by atoms with Crippen LogP contribution in [-0.2, 0) is 13.0 Å². The van der Waals surface area contributed by atoms with Crippen molar-refractivity contribution in [1.82, 2.24) is 19.9 Å². The van der Waals surface area contributed by atoms with E-state index in [-0.39, 0.29) is 18.3 Å². The Labute approximate surface area is 131 Å². The second-order valence-corrected chi connectivity index (χ2v) is 5.18. The predicted molar refractivity (Wildman–Crippen MR) is 77.1 cm³/mol. The molecule has 0 atom stereocenters. The number of hydrogen-bond acceptors (Lipinski definition) is 5. The molecule has 0 aromatic carbocycles. The average molecular weight is 317 g/mol. The summed E-state index contributed by atoms with van der Waals surface area (Å²) < 4.78 is 0. The molecule has 1 aliphatic rings. The lowest BCUT2D eigenvalue weighted by atomic mass is 10.1. The lowest BCUT2D eigenvalue weighted by Crippen LogP contribution is -2.37. The minimum absolute atomic E-state index is 0.0961. The summed E-state index contributed by atoms with van der Waals surface area (Å²) in [4.78, 5) is 37.0. The Bertz CT molecular complexity index is 747. The minimum atomic E-state index is -0.718. The van der Waals surface area contributed by atoms with Gasteiger partial charge in [0.15, 0.2) is 0 Å². The Morgan fingerprint density at radius 3 is 2.86 bits per heavy atom. The van der Waals surface area contributed by atoms with Crippen molar-refractivity contribution in [3.8, 4) is 0 Å². The average Bonchev–Trinajstić information content (AvgIpc) is 2.53. The Morgan fingerprint density at radius 2 is 2.18 bits per heavy atom. The molecule has 0 bridgehead atoms. The Hall–Kier alpha value is -2.54. The molecule has 1 radical (unpaired) electrons. The van der Waals surface area contributed by atoms with Gasteiger partial charge >= 0.3 is 0 Å². The van der Waals surface area contributed by atoms with Crippen molar-refractivity contribution >= 4 is 23.4 Å². The van der Waals surface area contributed by atoms with Gasteiger partial charge in [-0.1, -0.05) is 11.6 Å². The van der Waals surface area contributed by atoms with E-state index in [0.29, 0.717) is 29.4 Å². The van der Waals surface area contributed by atoms with Crippen LogP contribution in [0.3, 0.4) is 0 Å². The third-order valence-electron chi connectivity index (χ3n) is 3.34. The van der Waals surface area contributed by atoms with Gasteiger partial charge in [0, 0.05) is 18.3 Å². The standard InChI is InChI=1S/C14H11ClN5O2/c15-11-2-1-9(6-17-11)14(22)20-4-3-8-5-18-13(12(16)21)19-10(8)7-20/h1-2,6H,3-4,7H2,(H2,16,21). The van der Waals surface area contributed by atoms with E-state index in [0.717, 1.165) is 5.56 Å². The molecule has 111 valence electrons. The molecule has 0 aliphatic carbocycles. The lowest BCUT2D eigenvalue weighted by Gasteiger charge is -2.27. The predicted octanol–water partition coefficient (Wildman–Crippen LogP) is 0.623. The van der Waals surface area contributed by atoms with E-state index in [9.17, 15) is 9.59 Å². The highest BCUT2D eigenvalue weighted by molar-refractivity contribution is 6.29. The zero-order valence-corrected chi connectivity index (χ0v) is 12.2. The maximum Gasteiger partial charge on any atom is 0.286 e. The highest BCUT2D eigenvalue weighted by Crippen LogP contribution is 2.18. The largest absolute Gasteiger partial charge is 0.363 e. The number of nitrogens with zero attached hydrogens (tertiary/aromatic N) is 4. The number of fused-ring (bicyclic) bond motifs is 1. The number of carbonyl (C=O) groups is 2. The Kier molecular flexibility index (Phi) is 3.72. The highest BCUT2D eigenvalue weighted by Gasteiger charge is 2.24. The van der Waals surface area contributed by atoms with E-state index in [4.69, 9.17) is 17.3 Å². The van der Waals surface area contributed by atoms with Gasteiger partial charge < -0.3 is 10.6 Å². The molecule has 3 heterocycles. The molecule has 8 heteroatoms. The maximum atomic E-state index is 12.4. The van der Waals surface area contributed by atoms with Crippen molar-refractivity contribution in [2.75, 3.05) is 6.54 Å². The van der Waals surface area contributed by atoms with Gasteiger partial charge in [0.05, 0.1) is 24.0 Å². The zero-order valence-electron chi connectivity index (χ0n) is 11.4. The smallest absolute Gasteiger partial charge is 0.286 e. The fourth-order valence-electron chi connectivity index (χ4n) is 2.21. The van der Waals surface area contributed by atoms with Crippen LogP contribution >= 0.6 is 11.6 Å². The molecular formula is C14H11ClN5O2. The van der Waals surface area contributed by atoms with Crippen LogP contribution in [-0.4, -0.2) is 38.2 Å². The van der Waals surface area contributed by atoms with Crippen molar-refractivity contribution in [3.05, 3.63) is 52.3 Å². The van der Waals surface area contributed by atoms with E-state index in [2.05, 4.69) is 21.1 Å². The summed E-state index contributed by atoms with van der Waals surface area (Å²) in [6.45, 7) is 0.792. The molecule has 0 saturated carbocycles. The number of nitrogens with two attached hydrogens (primary N) is 1. The molecule has 2 N–H and O–H groups in total. The van der Waals surface area contributed by atoms with E-state index >= 15 is 0 Å². The van der Waals surface area contributed by atoms with Crippen LogP contribution in [0.1, 0.15) is 32.2 Å². The Morgan fingerprint density at radius 1 is 1.36 bits per heavy atom. The van der Waals surface area contributed by atoms with Gasteiger partial charge in [0.1, 0.15) is 5.15 Å².